The van der Waals surface area contributed by atoms with Crippen molar-refractivity contribution in [3.05, 3.63) is 65.2 Å². The summed E-state index contributed by atoms with van der Waals surface area (Å²) in [5, 5.41) is 0. The minimum atomic E-state index is 0.311. The van der Waals surface area contributed by atoms with Crippen molar-refractivity contribution in [3.8, 4) is 0 Å². The molecule has 1 fully saturated rings. The van der Waals surface area contributed by atoms with E-state index in [2.05, 4.69) is 74.3 Å². The van der Waals surface area contributed by atoms with Crippen LogP contribution >= 0.6 is 0 Å². The highest BCUT2D eigenvalue weighted by Crippen LogP contribution is 2.72. The van der Waals surface area contributed by atoms with Crippen LogP contribution in [0.4, 0.5) is 5.69 Å². The van der Waals surface area contributed by atoms with Crippen molar-refractivity contribution in [1.29, 1.82) is 0 Å². The van der Waals surface area contributed by atoms with Gasteiger partial charge in [0.2, 0.25) is 0 Å². The number of likely N-dealkylation sites (N-methyl/N-ethyl adjacent to an activating group) is 1. The predicted octanol–water partition coefficient (Wildman–Crippen LogP) is 4.51. The largest absolute Gasteiger partial charge is 0.370 e. The van der Waals surface area contributed by atoms with Crippen molar-refractivity contribution in [3.63, 3.8) is 0 Å². The summed E-state index contributed by atoms with van der Waals surface area (Å²) in [5.74, 6) is 0.714. The Kier molecular flexibility index (Phi) is 2.18. The van der Waals surface area contributed by atoms with Gasteiger partial charge in [-0.05, 0) is 46.9 Å². The Labute approximate surface area is 133 Å². The average Bonchev–Trinajstić information content (AvgIpc) is 3.22. The second kappa shape index (κ2) is 3.76. The fraction of sp³-hybridized carbons (Fsp3) is 0.429. The predicted molar refractivity (Wildman–Crippen MR) is 91.6 cm³/mol. The van der Waals surface area contributed by atoms with E-state index >= 15 is 0 Å². The Morgan fingerprint density at radius 1 is 1.00 bits per heavy atom. The monoisotopic (exact) mass is 289 g/mol. The molecule has 2 unspecified atom stereocenters. The number of hydrogen-bond acceptors (Lipinski definition) is 1. The van der Waals surface area contributed by atoms with E-state index < -0.39 is 0 Å². The Hall–Kier alpha value is -1.76. The van der Waals surface area contributed by atoms with Gasteiger partial charge < -0.3 is 4.90 Å². The van der Waals surface area contributed by atoms with Gasteiger partial charge in [-0.25, -0.2) is 0 Å². The van der Waals surface area contributed by atoms with Crippen LogP contribution in [0.1, 0.15) is 42.9 Å². The maximum absolute atomic E-state index is 2.59. The van der Waals surface area contributed by atoms with E-state index in [-0.39, 0.29) is 0 Å². The SMILES string of the molecule is CN1c2ccccc2C2CC23c2ccccc2CC(C)(C)[C@H]13. The molecule has 1 saturated carbocycles. The minimum absolute atomic E-state index is 0.311. The van der Waals surface area contributed by atoms with Gasteiger partial charge in [-0.3, -0.25) is 0 Å². The summed E-state index contributed by atoms with van der Waals surface area (Å²) < 4.78 is 0. The summed E-state index contributed by atoms with van der Waals surface area (Å²) in [6.07, 6.45) is 2.51. The van der Waals surface area contributed by atoms with E-state index in [1.165, 1.54) is 18.5 Å². The Morgan fingerprint density at radius 3 is 2.59 bits per heavy atom. The quantitative estimate of drug-likeness (QED) is 0.689. The highest BCUT2D eigenvalue weighted by atomic mass is 15.2. The van der Waals surface area contributed by atoms with Crippen LogP contribution in [-0.2, 0) is 11.8 Å². The van der Waals surface area contributed by atoms with Crippen LogP contribution in [-0.4, -0.2) is 13.1 Å². The first kappa shape index (κ1) is 12.8. The van der Waals surface area contributed by atoms with E-state index in [0.29, 0.717) is 22.8 Å². The number of anilines is 1. The summed E-state index contributed by atoms with van der Waals surface area (Å²) in [6.45, 7) is 4.93. The van der Waals surface area contributed by atoms with E-state index in [1.807, 2.05) is 0 Å². The maximum Gasteiger partial charge on any atom is 0.0443 e. The van der Waals surface area contributed by atoms with Crippen molar-refractivity contribution in [1.82, 2.24) is 0 Å². The zero-order valence-electron chi connectivity index (χ0n) is 13.6. The molecule has 22 heavy (non-hydrogen) atoms. The normalized spacial score (nSPS) is 33.3. The van der Waals surface area contributed by atoms with Crippen molar-refractivity contribution < 1.29 is 0 Å². The van der Waals surface area contributed by atoms with Gasteiger partial charge in [0, 0.05) is 24.2 Å². The molecule has 0 amide bonds. The minimum Gasteiger partial charge on any atom is -0.370 e. The van der Waals surface area contributed by atoms with E-state index in [1.54, 1.807) is 16.7 Å². The first-order chi connectivity index (χ1) is 10.6. The lowest BCUT2D eigenvalue weighted by atomic mass is 9.60. The van der Waals surface area contributed by atoms with Crippen molar-refractivity contribution >= 4 is 5.69 Å². The van der Waals surface area contributed by atoms with Gasteiger partial charge in [-0.1, -0.05) is 56.3 Å². The fourth-order valence-electron chi connectivity index (χ4n) is 5.94. The van der Waals surface area contributed by atoms with Crippen LogP contribution < -0.4 is 4.90 Å². The second-order valence-electron chi connectivity index (χ2n) is 8.19. The van der Waals surface area contributed by atoms with Crippen LogP contribution in [0.5, 0.6) is 0 Å². The molecule has 1 heteroatoms. The van der Waals surface area contributed by atoms with Gasteiger partial charge in [0.05, 0.1) is 0 Å². The smallest absolute Gasteiger partial charge is 0.0443 e. The number of fused-ring (bicyclic) bond motifs is 3. The molecule has 0 saturated heterocycles. The van der Waals surface area contributed by atoms with Crippen LogP contribution in [0.2, 0.25) is 0 Å². The summed E-state index contributed by atoms with van der Waals surface area (Å²) in [5.41, 5.74) is 6.89. The van der Waals surface area contributed by atoms with Gasteiger partial charge in [-0.2, -0.15) is 0 Å². The summed E-state index contributed by atoms with van der Waals surface area (Å²) in [4.78, 5) is 2.59. The highest BCUT2D eigenvalue weighted by Gasteiger charge is 2.69. The standard InChI is InChI=1S/C21H23N/c1-20(2)12-14-8-4-6-10-16(14)21-13-17(21)15-9-5-7-11-18(15)22(3)19(20)21/h4-11,17,19H,12-13H2,1-3H3/t17?,19-,21?/m0/s1. The zero-order chi connectivity index (χ0) is 15.1. The van der Waals surface area contributed by atoms with E-state index in [0.717, 1.165) is 0 Å². The van der Waals surface area contributed by atoms with Crippen LogP contribution in [0.3, 0.4) is 0 Å². The van der Waals surface area contributed by atoms with Crippen molar-refractivity contribution in [2.75, 3.05) is 11.9 Å². The topological polar surface area (TPSA) is 3.24 Å². The third-order valence-electron chi connectivity index (χ3n) is 6.48. The molecule has 3 atom stereocenters. The number of rotatable bonds is 0. The van der Waals surface area contributed by atoms with Gasteiger partial charge in [-0.15, -0.1) is 0 Å². The molecular formula is C21H23N. The maximum atomic E-state index is 2.59. The highest BCUT2D eigenvalue weighted by molar-refractivity contribution is 5.68. The molecular weight excluding hydrogens is 266 g/mol. The zero-order valence-corrected chi connectivity index (χ0v) is 13.6. The number of benzene rings is 2. The Bertz CT molecular complexity index is 775. The van der Waals surface area contributed by atoms with Crippen LogP contribution in [0.25, 0.3) is 0 Å². The molecule has 0 aromatic heterocycles. The lowest BCUT2D eigenvalue weighted by molar-refractivity contribution is 0.203. The third-order valence-corrected chi connectivity index (χ3v) is 6.48. The van der Waals surface area contributed by atoms with Gasteiger partial charge in [0.15, 0.2) is 0 Å². The van der Waals surface area contributed by atoms with Crippen molar-refractivity contribution in [2.24, 2.45) is 5.41 Å². The Balaban J connectivity index is 1.80. The molecule has 1 aliphatic heterocycles. The van der Waals surface area contributed by atoms with E-state index in [4.69, 9.17) is 0 Å². The summed E-state index contributed by atoms with van der Waals surface area (Å²) >= 11 is 0. The van der Waals surface area contributed by atoms with Crippen LogP contribution in [0.15, 0.2) is 48.5 Å². The molecule has 3 aliphatic rings. The number of para-hydroxylation sites is 1. The lowest BCUT2D eigenvalue weighted by Gasteiger charge is -2.53. The first-order valence-corrected chi connectivity index (χ1v) is 8.46. The van der Waals surface area contributed by atoms with Gasteiger partial charge in [0.25, 0.3) is 0 Å². The molecule has 0 N–H and O–H groups in total. The Morgan fingerprint density at radius 2 is 1.73 bits per heavy atom. The number of hydrogen-bond donors (Lipinski definition) is 0. The molecule has 1 heterocycles. The molecule has 2 aromatic rings. The first-order valence-electron chi connectivity index (χ1n) is 8.46. The summed E-state index contributed by atoms with van der Waals surface area (Å²) in [7, 11) is 2.31. The molecule has 2 aromatic carbocycles. The molecule has 2 aliphatic carbocycles. The van der Waals surface area contributed by atoms with Crippen LogP contribution in [0, 0.1) is 5.41 Å². The molecule has 5 rings (SSSR count). The fourth-order valence-corrected chi connectivity index (χ4v) is 5.94. The average molecular weight is 289 g/mol. The van der Waals surface area contributed by atoms with Crippen molar-refractivity contribution in [2.45, 2.75) is 44.1 Å². The molecule has 1 nitrogen and oxygen atoms in total. The number of nitrogens with zero attached hydrogens (tertiary/aromatic N) is 1. The third kappa shape index (κ3) is 1.31. The molecule has 0 bridgehead atoms. The van der Waals surface area contributed by atoms with E-state index in [9.17, 15) is 0 Å². The molecule has 0 radical (unpaired) electrons. The second-order valence-corrected chi connectivity index (χ2v) is 8.19. The van der Waals surface area contributed by atoms with Gasteiger partial charge >= 0.3 is 0 Å². The van der Waals surface area contributed by atoms with Gasteiger partial charge in [0.1, 0.15) is 0 Å². The lowest BCUT2D eigenvalue weighted by Crippen LogP contribution is -2.57. The molecule has 112 valence electrons. The summed E-state index contributed by atoms with van der Waals surface area (Å²) in [6, 6.07) is 18.9. The molecule has 1 spiro atoms.